The van der Waals surface area contributed by atoms with Gasteiger partial charge in [0, 0.05) is 17.5 Å². The molecule has 4 rings (SSSR count). The molecule has 1 aliphatic rings. The highest BCUT2D eigenvalue weighted by Gasteiger charge is 2.41. The maximum Gasteiger partial charge on any atom is 0.346 e. The van der Waals surface area contributed by atoms with Crippen molar-refractivity contribution in [2.45, 2.75) is 38.8 Å². The Morgan fingerprint density at radius 2 is 1.42 bits per heavy atom. The Balaban J connectivity index is 1.69. The zero-order chi connectivity index (χ0) is 25.7. The zero-order valence-corrected chi connectivity index (χ0v) is 20.9. The number of rotatable bonds is 7. The third-order valence-electron chi connectivity index (χ3n) is 5.70. The smallest absolute Gasteiger partial charge is 0.346 e. The van der Waals surface area contributed by atoms with Crippen LogP contribution in [0.25, 0.3) is 0 Å². The number of amides is 2. The lowest BCUT2D eigenvalue weighted by molar-refractivity contribution is -0.160. The molecule has 1 saturated heterocycles. The van der Waals surface area contributed by atoms with E-state index in [-0.39, 0.29) is 6.54 Å². The summed E-state index contributed by atoms with van der Waals surface area (Å²) in [5.74, 6) is -0.454. The number of hydrogen-bond acceptors (Lipinski definition) is 4. The van der Waals surface area contributed by atoms with E-state index in [2.05, 4.69) is 6.58 Å². The van der Waals surface area contributed by atoms with Crippen LogP contribution in [-0.2, 0) is 16.0 Å². The number of nitrogens with zero attached hydrogens (tertiary/aromatic N) is 3. The van der Waals surface area contributed by atoms with Crippen molar-refractivity contribution in [2.24, 2.45) is 5.10 Å². The van der Waals surface area contributed by atoms with Crippen molar-refractivity contribution >= 4 is 17.7 Å². The summed E-state index contributed by atoms with van der Waals surface area (Å²) in [6.07, 6.45) is 0.330. The van der Waals surface area contributed by atoms with Crippen LogP contribution in [0.5, 0.6) is 0 Å². The van der Waals surface area contributed by atoms with E-state index in [4.69, 9.17) is 9.84 Å². The fraction of sp³-hybridized carbons (Fsp3) is 0.233. The lowest BCUT2D eigenvalue weighted by Gasteiger charge is -2.29. The summed E-state index contributed by atoms with van der Waals surface area (Å²) in [7, 11) is 0. The third kappa shape index (κ3) is 5.89. The van der Waals surface area contributed by atoms with Crippen LogP contribution in [0.2, 0.25) is 0 Å². The van der Waals surface area contributed by atoms with Crippen molar-refractivity contribution < 1.29 is 14.3 Å². The molecule has 0 spiro atoms. The fourth-order valence-corrected chi connectivity index (χ4v) is 4.05. The van der Waals surface area contributed by atoms with Crippen molar-refractivity contribution in [3.05, 3.63) is 120 Å². The summed E-state index contributed by atoms with van der Waals surface area (Å²) in [6.45, 7) is 9.73. The number of ether oxygens (including phenoxy) is 1. The van der Waals surface area contributed by atoms with Crippen LogP contribution in [0, 0.1) is 0 Å². The quantitative estimate of drug-likeness (QED) is 0.324. The molecule has 3 aromatic carbocycles. The standard InChI is InChI=1S/C30H31N3O3/c1-22-21-32(26(28(34)36-30(2,3)4)20-23-14-8-5-9-15-23)29(35)33(22)31-27(24-16-10-6-11-17-24)25-18-12-7-13-19-25/h5-19,26H,1,20-21H2,2-4H3/t26-/m0/s1. The van der Waals surface area contributed by atoms with Gasteiger partial charge in [0.2, 0.25) is 0 Å². The van der Waals surface area contributed by atoms with Crippen LogP contribution in [0.3, 0.4) is 0 Å². The van der Waals surface area contributed by atoms with Crippen molar-refractivity contribution in [1.29, 1.82) is 0 Å². The van der Waals surface area contributed by atoms with E-state index in [0.29, 0.717) is 17.8 Å². The van der Waals surface area contributed by atoms with Gasteiger partial charge in [0.1, 0.15) is 11.6 Å². The lowest BCUT2D eigenvalue weighted by atomic mass is 10.0. The number of hydrogen-bond donors (Lipinski definition) is 0. The summed E-state index contributed by atoms with van der Waals surface area (Å²) in [6, 6.07) is 27.8. The zero-order valence-electron chi connectivity index (χ0n) is 20.9. The Morgan fingerprint density at radius 1 is 0.917 bits per heavy atom. The molecule has 1 atom stereocenters. The SMILES string of the molecule is C=C1CN([C@@H](Cc2ccccc2)C(=O)OC(C)(C)C)C(=O)N1N=C(c1ccccc1)c1ccccc1. The van der Waals surface area contributed by atoms with Crippen LogP contribution in [0.15, 0.2) is 108 Å². The Morgan fingerprint density at radius 3 is 1.92 bits per heavy atom. The number of esters is 1. The van der Waals surface area contributed by atoms with Gasteiger partial charge in [-0.2, -0.15) is 10.1 Å². The van der Waals surface area contributed by atoms with Gasteiger partial charge in [-0.05, 0) is 26.3 Å². The second-order valence-corrected chi connectivity index (χ2v) is 9.71. The minimum atomic E-state index is -0.812. The van der Waals surface area contributed by atoms with E-state index in [1.165, 1.54) is 9.91 Å². The fourth-order valence-electron chi connectivity index (χ4n) is 4.05. The van der Waals surface area contributed by atoms with Crippen LogP contribution in [-0.4, -0.2) is 45.8 Å². The molecular formula is C30H31N3O3. The van der Waals surface area contributed by atoms with E-state index in [0.717, 1.165) is 16.7 Å². The maximum atomic E-state index is 13.7. The highest BCUT2D eigenvalue weighted by Crippen LogP contribution is 2.26. The second kappa shape index (κ2) is 10.6. The molecule has 6 heteroatoms. The minimum Gasteiger partial charge on any atom is -0.458 e. The molecule has 0 bridgehead atoms. The minimum absolute atomic E-state index is 0.177. The van der Waals surface area contributed by atoms with E-state index in [9.17, 15) is 9.59 Å². The average molecular weight is 482 g/mol. The van der Waals surface area contributed by atoms with Gasteiger partial charge in [-0.3, -0.25) is 0 Å². The first kappa shape index (κ1) is 24.9. The summed E-state index contributed by atoms with van der Waals surface area (Å²) >= 11 is 0. The molecule has 6 nitrogen and oxygen atoms in total. The molecule has 0 saturated carbocycles. The number of urea groups is 1. The molecule has 0 aliphatic carbocycles. The predicted octanol–water partition coefficient (Wildman–Crippen LogP) is 5.64. The van der Waals surface area contributed by atoms with Gasteiger partial charge in [0.25, 0.3) is 0 Å². The van der Waals surface area contributed by atoms with Gasteiger partial charge in [-0.15, -0.1) is 0 Å². The monoisotopic (exact) mass is 481 g/mol. The van der Waals surface area contributed by atoms with Gasteiger partial charge in [0.15, 0.2) is 0 Å². The van der Waals surface area contributed by atoms with Gasteiger partial charge in [-0.1, -0.05) is 97.6 Å². The summed E-state index contributed by atoms with van der Waals surface area (Å²) in [5, 5.41) is 6.06. The van der Waals surface area contributed by atoms with Crippen molar-refractivity contribution in [2.75, 3.05) is 6.54 Å². The normalized spacial score (nSPS) is 14.5. The molecule has 36 heavy (non-hydrogen) atoms. The molecule has 1 heterocycles. The first-order valence-electron chi connectivity index (χ1n) is 12.0. The first-order valence-corrected chi connectivity index (χ1v) is 12.0. The van der Waals surface area contributed by atoms with E-state index in [1.54, 1.807) is 0 Å². The molecule has 2 amide bonds. The average Bonchev–Trinajstić information content (AvgIpc) is 3.14. The Hall–Kier alpha value is -4.19. The highest BCUT2D eigenvalue weighted by atomic mass is 16.6. The molecular weight excluding hydrogens is 450 g/mol. The predicted molar refractivity (Wildman–Crippen MR) is 141 cm³/mol. The van der Waals surface area contributed by atoms with Crippen molar-refractivity contribution in [1.82, 2.24) is 9.91 Å². The lowest BCUT2D eigenvalue weighted by Crippen LogP contribution is -2.47. The molecule has 0 radical (unpaired) electrons. The van der Waals surface area contributed by atoms with E-state index >= 15 is 0 Å². The largest absolute Gasteiger partial charge is 0.458 e. The number of carbonyl (C=O) groups excluding carboxylic acids is 2. The molecule has 184 valence electrons. The third-order valence-corrected chi connectivity index (χ3v) is 5.70. The first-order chi connectivity index (χ1) is 17.2. The Bertz CT molecular complexity index is 1210. The van der Waals surface area contributed by atoms with Gasteiger partial charge >= 0.3 is 12.0 Å². The van der Waals surface area contributed by atoms with E-state index in [1.807, 2.05) is 112 Å². The summed E-state index contributed by atoms with van der Waals surface area (Å²) in [5.41, 5.74) is 3.13. The van der Waals surface area contributed by atoms with Gasteiger partial charge in [0.05, 0.1) is 18.0 Å². The van der Waals surface area contributed by atoms with Gasteiger partial charge < -0.3 is 9.64 Å². The van der Waals surface area contributed by atoms with Crippen LogP contribution in [0.1, 0.15) is 37.5 Å². The molecule has 3 aromatic rings. The summed E-state index contributed by atoms with van der Waals surface area (Å²) in [4.78, 5) is 28.5. The molecule has 0 aromatic heterocycles. The highest BCUT2D eigenvalue weighted by molar-refractivity contribution is 6.13. The number of carbonyl (C=O) groups is 2. The van der Waals surface area contributed by atoms with E-state index < -0.39 is 23.6 Å². The summed E-state index contributed by atoms with van der Waals surface area (Å²) < 4.78 is 5.71. The van der Waals surface area contributed by atoms with Gasteiger partial charge in [-0.25, -0.2) is 9.59 Å². The van der Waals surface area contributed by atoms with Crippen LogP contribution >= 0.6 is 0 Å². The molecule has 0 N–H and O–H groups in total. The number of hydrazone groups is 1. The topological polar surface area (TPSA) is 62.2 Å². The second-order valence-electron chi connectivity index (χ2n) is 9.71. The van der Waals surface area contributed by atoms with Crippen LogP contribution in [0.4, 0.5) is 4.79 Å². The molecule has 1 aliphatic heterocycles. The molecule has 0 unspecified atom stereocenters. The number of benzene rings is 3. The van der Waals surface area contributed by atoms with Crippen molar-refractivity contribution in [3.8, 4) is 0 Å². The Kier molecular flexibility index (Phi) is 7.34. The van der Waals surface area contributed by atoms with Crippen LogP contribution < -0.4 is 0 Å². The maximum absolute atomic E-state index is 13.7. The Labute approximate surface area is 212 Å². The van der Waals surface area contributed by atoms with Crippen molar-refractivity contribution in [3.63, 3.8) is 0 Å². The molecule has 1 fully saturated rings.